The molecule has 0 saturated carbocycles. The van der Waals surface area contributed by atoms with Gasteiger partial charge in [0.2, 0.25) is 0 Å². The molecule has 0 aliphatic rings. The number of imidazole rings is 1. The van der Waals surface area contributed by atoms with Gasteiger partial charge >= 0.3 is 0 Å². The fourth-order valence-corrected chi connectivity index (χ4v) is 1.87. The molecular weight excluding hydrogens is 273 g/mol. The number of aromatic amines is 1. The maximum absolute atomic E-state index is 13.3. The van der Waals surface area contributed by atoms with E-state index in [1.54, 1.807) is 18.5 Å². The number of aryl methyl sites for hydroxylation is 1. The third kappa shape index (κ3) is 2.41. The Morgan fingerprint density at radius 3 is 3.00 bits per heavy atom. The number of nitrogens with one attached hydrogen (secondary N) is 2. The van der Waals surface area contributed by atoms with Crippen molar-refractivity contribution in [1.29, 1.82) is 0 Å². The highest BCUT2D eigenvalue weighted by atomic mass is 79.9. The number of anilines is 1. The van der Waals surface area contributed by atoms with E-state index in [1.165, 1.54) is 6.07 Å². The Morgan fingerprint density at radius 1 is 1.50 bits per heavy atom. The average Bonchev–Trinajstić information content (AvgIpc) is 2.74. The van der Waals surface area contributed by atoms with Crippen molar-refractivity contribution in [2.75, 3.05) is 5.32 Å². The van der Waals surface area contributed by atoms with Crippen LogP contribution in [0.3, 0.4) is 0 Å². The molecule has 1 heterocycles. The van der Waals surface area contributed by atoms with Crippen molar-refractivity contribution in [3.8, 4) is 0 Å². The molecule has 0 bridgehead atoms. The van der Waals surface area contributed by atoms with Crippen LogP contribution in [-0.4, -0.2) is 9.97 Å². The number of benzene rings is 1. The second-order valence-electron chi connectivity index (χ2n) is 3.47. The van der Waals surface area contributed by atoms with Gasteiger partial charge in [0.15, 0.2) is 0 Å². The van der Waals surface area contributed by atoms with Gasteiger partial charge < -0.3 is 10.3 Å². The number of H-pyrrole nitrogens is 1. The summed E-state index contributed by atoms with van der Waals surface area (Å²) in [6, 6.07) is 3.22. The number of halogens is 2. The van der Waals surface area contributed by atoms with Crippen molar-refractivity contribution in [2.24, 2.45) is 0 Å². The normalized spacial score (nSPS) is 10.4. The maximum Gasteiger partial charge on any atom is 0.139 e. The molecule has 2 N–H and O–H groups in total. The first-order valence-corrected chi connectivity index (χ1v) is 5.64. The molecule has 0 fully saturated rings. The first-order valence-electron chi connectivity index (χ1n) is 4.84. The van der Waals surface area contributed by atoms with Gasteiger partial charge in [-0.3, -0.25) is 0 Å². The zero-order valence-electron chi connectivity index (χ0n) is 8.72. The molecule has 0 unspecified atom stereocenters. The summed E-state index contributed by atoms with van der Waals surface area (Å²) in [7, 11) is 0. The number of aromatic nitrogens is 2. The number of hydrogen-bond donors (Lipinski definition) is 2. The second-order valence-corrected chi connectivity index (χ2v) is 4.32. The van der Waals surface area contributed by atoms with Gasteiger partial charge in [-0.25, -0.2) is 9.37 Å². The van der Waals surface area contributed by atoms with Crippen molar-refractivity contribution >= 4 is 21.6 Å². The predicted molar refractivity (Wildman–Crippen MR) is 64.8 cm³/mol. The van der Waals surface area contributed by atoms with Crippen LogP contribution < -0.4 is 5.32 Å². The Kier molecular flexibility index (Phi) is 3.24. The number of rotatable bonds is 3. The molecule has 3 nitrogen and oxygen atoms in total. The number of hydrogen-bond acceptors (Lipinski definition) is 2. The molecule has 0 amide bonds. The van der Waals surface area contributed by atoms with Crippen LogP contribution in [0.15, 0.2) is 29.0 Å². The molecule has 1 aromatic heterocycles. The van der Waals surface area contributed by atoms with E-state index in [1.807, 2.05) is 6.92 Å². The van der Waals surface area contributed by atoms with E-state index in [-0.39, 0.29) is 5.82 Å². The van der Waals surface area contributed by atoms with Crippen molar-refractivity contribution in [3.05, 3.63) is 46.2 Å². The highest BCUT2D eigenvalue weighted by molar-refractivity contribution is 9.10. The Bertz CT molecular complexity index is 482. The summed E-state index contributed by atoms with van der Waals surface area (Å²) in [4.78, 5) is 7.06. The van der Waals surface area contributed by atoms with Gasteiger partial charge in [-0.2, -0.15) is 0 Å². The molecule has 16 heavy (non-hydrogen) atoms. The summed E-state index contributed by atoms with van der Waals surface area (Å²) in [5.41, 5.74) is 1.76. The Morgan fingerprint density at radius 2 is 2.31 bits per heavy atom. The zero-order valence-corrected chi connectivity index (χ0v) is 10.3. The molecule has 84 valence electrons. The molecule has 0 spiro atoms. The van der Waals surface area contributed by atoms with Gasteiger partial charge in [-0.05, 0) is 40.5 Å². The van der Waals surface area contributed by atoms with Crippen LogP contribution in [0, 0.1) is 12.7 Å². The molecular formula is C11H11BrFN3. The predicted octanol–water partition coefficient (Wildman–Crippen LogP) is 3.23. The van der Waals surface area contributed by atoms with Crippen molar-refractivity contribution in [3.63, 3.8) is 0 Å². The molecule has 0 radical (unpaired) electrons. The van der Waals surface area contributed by atoms with Gasteiger partial charge in [0.05, 0.1) is 11.0 Å². The maximum atomic E-state index is 13.3. The molecule has 2 rings (SSSR count). The van der Waals surface area contributed by atoms with Crippen LogP contribution in [-0.2, 0) is 6.54 Å². The summed E-state index contributed by atoms with van der Waals surface area (Å²) in [5.74, 6) is 0.551. The lowest BCUT2D eigenvalue weighted by molar-refractivity contribution is 0.621. The van der Waals surface area contributed by atoms with Crippen LogP contribution in [0.5, 0.6) is 0 Å². The summed E-state index contributed by atoms with van der Waals surface area (Å²) in [6.07, 6.45) is 3.44. The van der Waals surface area contributed by atoms with Crippen LogP contribution in [0.25, 0.3) is 0 Å². The monoisotopic (exact) mass is 283 g/mol. The Hall–Kier alpha value is -1.36. The fraction of sp³-hybridized carbons (Fsp3) is 0.182. The first kappa shape index (κ1) is 11.1. The Balaban J connectivity index is 2.12. The molecule has 0 aliphatic carbocycles. The van der Waals surface area contributed by atoms with Crippen molar-refractivity contribution < 1.29 is 4.39 Å². The van der Waals surface area contributed by atoms with Crippen LogP contribution >= 0.6 is 15.9 Å². The number of nitrogens with zero attached hydrogens (tertiary/aromatic N) is 1. The minimum atomic E-state index is -0.271. The van der Waals surface area contributed by atoms with Gasteiger partial charge in [-0.15, -0.1) is 0 Å². The smallest absolute Gasteiger partial charge is 0.139 e. The average molecular weight is 284 g/mol. The van der Waals surface area contributed by atoms with E-state index < -0.39 is 0 Å². The first-order chi connectivity index (χ1) is 7.66. The quantitative estimate of drug-likeness (QED) is 0.908. The van der Waals surface area contributed by atoms with Crippen LogP contribution in [0.1, 0.15) is 11.4 Å². The Labute approximate surface area is 101 Å². The lowest BCUT2D eigenvalue weighted by Gasteiger charge is -2.09. The van der Waals surface area contributed by atoms with Crippen LogP contribution in [0.4, 0.5) is 10.1 Å². The van der Waals surface area contributed by atoms with Crippen molar-refractivity contribution in [1.82, 2.24) is 9.97 Å². The van der Waals surface area contributed by atoms with E-state index in [0.717, 1.165) is 17.1 Å². The highest BCUT2D eigenvalue weighted by Crippen LogP contribution is 2.24. The third-order valence-corrected chi connectivity index (χ3v) is 2.88. The van der Waals surface area contributed by atoms with E-state index >= 15 is 0 Å². The third-order valence-electron chi connectivity index (χ3n) is 2.27. The standard InChI is InChI=1S/C11H11BrFN3/c1-7-4-8(12)9(13)5-10(7)16-6-11-14-2-3-15-11/h2-5,16H,6H2,1H3,(H,14,15). The molecule has 5 heteroatoms. The molecule has 0 aliphatic heterocycles. The van der Waals surface area contributed by atoms with E-state index in [9.17, 15) is 4.39 Å². The van der Waals surface area contributed by atoms with E-state index in [0.29, 0.717) is 11.0 Å². The lowest BCUT2D eigenvalue weighted by atomic mass is 10.2. The largest absolute Gasteiger partial charge is 0.378 e. The van der Waals surface area contributed by atoms with Gasteiger partial charge in [0.25, 0.3) is 0 Å². The minimum Gasteiger partial charge on any atom is -0.378 e. The van der Waals surface area contributed by atoms with Crippen LogP contribution in [0.2, 0.25) is 0 Å². The molecule has 1 aromatic carbocycles. The van der Waals surface area contributed by atoms with E-state index in [2.05, 4.69) is 31.2 Å². The van der Waals surface area contributed by atoms with Gasteiger partial charge in [-0.1, -0.05) is 0 Å². The summed E-state index contributed by atoms with van der Waals surface area (Å²) in [6.45, 7) is 2.48. The minimum absolute atomic E-state index is 0.271. The molecule has 2 aromatic rings. The summed E-state index contributed by atoms with van der Waals surface area (Å²) >= 11 is 3.15. The molecule has 0 saturated heterocycles. The topological polar surface area (TPSA) is 40.7 Å². The SMILES string of the molecule is Cc1cc(Br)c(F)cc1NCc1ncc[nH]1. The lowest BCUT2D eigenvalue weighted by Crippen LogP contribution is -2.03. The fourth-order valence-electron chi connectivity index (χ4n) is 1.41. The van der Waals surface area contributed by atoms with Crippen molar-refractivity contribution in [2.45, 2.75) is 13.5 Å². The van der Waals surface area contributed by atoms with Gasteiger partial charge in [0, 0.05) is 18.1 Å². The second kappa shape index (κ2) is 4.65. The summed E-state index contributed by atoms with van der Waals surface area (Å²) < 4.78 is 13.8. The highest BCUT2D eigenvalue weighted by Gasteiger charge is 2.05. The summed E-state index contributed by atoms with van der Waals surface area (Å²) in [5, 5.41) is 3.13. The van der Waals surface area contributed by atoms with E-state index in [4.69, 9.17) is 0 Å². The zero-order chi connectivity index (χ0) is 11.5. The molecule has 0 atom stereocenters. The van der Waals surface area contributed by atoms with Gasteiger partial charge in [0.1, 0.15) is 11.6 Å².